The van der Waals surface area contributed by atoms with Crippen LogP contribution in [0.5, 0.6) is 5.75 Å². The van der Waals surface area contributed by atoms with Crippen LogP contribution in [-0.2, 0) is 10.0 Å². The molecule has 1 aromatic rings. The van der Waals surface area contributed by atoms with E-state index in [9.17, 15) is 8.42 Å². The topological polar surface area (TPSA) is 67.4 Å². The Kier molecular flexibility index (Phi) is 8.50. The highest BCUT2D eigenvalue weighted by atomic mass is 35.5. The lowest BCUT2D eigenvalue weighted by atomic mass is 10.0. The van der Waals surface area contributed by atoms with E-state index in [0.717, 1.165) is 25.8 Å². The van der Waals surface area contributed by atoms with Crippen LogP contribution in [0.3, 0.4) is 0 Å². The predicted molar refractivity (Wildman–Crippen MR) is 99.4 cm³/mol. The second-order valence-corrected chi connectivity index (χ2v) is 8.41. The largest absolute Gasteiger partial charge is 0.494 e. The van der Waals surface area contributed by atoms with Crippen molar-refractivity contribution in [2.24, 2.45) is 5.92 Å². The van der Waals surface area contributed by atoms with Crippen molar-refractivity contribution < 1.29 is 13.2 Å². The lowest BCUT2D eigenvalue weighted by Crippen LogP contribution is -2.46. The Bertz CT molecular complexity index is 590. The van der Waals surface area contributed by atoms with Crippen molar-refractivity contribution in [2.75, 3.05) is 13.2 Å². The highest BCUT2D eigenvalue weighted by Gasteiger charge is 2.24. The third-order valence-corrected chi connectivity index (χ3v) is 5.58. The van der Waals surface area contributed by atoms with Crippen molar-refractivity contribution in [3.8, 4) is 5.75 Å². The van der Waals surface area contributed by atoms with E-state index in [1.54, 1.807) is 24.3 Å². The highest BCUT2D eigenvalue weighted by Crippen LogP contribution is 2.18. The van der Waals surface area contributed by atoms with Gasteiger partial charge in [-0.15, -0.1) is 12.4 Å². The molecule has 138 valence electrons. The number of sulfonamides is 1. The van der Waals surface area contributed by atoms with Gasteiger partial charge in [0.2, 0.25) is 10.0 Å². The fourth-order valence-corrected chi connectivity index (χ4v) is 3.94. The Labute approximate surface area is 152 Å². The maximum Gasteiger partial charge on any atom is 0.240 e. The molecule has 2 N–H and O–H groups in total. The van der Waals surface area contributed by atoms with E-state index >= 15 is 0 Å². The molecule has 2 atom stereocenters. The number of benzene rings is 1. The van der Waals surface area contributed by atoms with E-state index in [1.165, 1.54) is 0 Å². The number of rotatable bonds is 7. The van der Waals surface area contributed by atoms with Crippen molar-refractivity contribution in [1.82, 2.24) is 10.0 Å². The Balaban J connectivity index is 0.00000288. The third kappa shape index (κ3) is 6.59. The summed E-state index contributed by atoms with van der Waals surface area (Å²) in [4.78, 5) is 0.292. The molecule has 1 fully saturated rings. The zero-order valence-electron chi connectivity index (χ0n) is 14.6. The van der Waals surface area contributed by atoms with E-state index in [1.807, 2.05) is 0 Å². The first-order valence-electron chi connectivity index (χ1n) is 8.35. The summed E-state index contributed by atoms with van der Waals surface area (Å²) < 4.78 is 33.3. The van der Waals surface area contributed by atoms with Crippen LogP contribution >= 0.6 is 12.4 Å². The maximum absolute atomic E-state index is 12.4. The van der Waals surface area contributed by atoms with Crippen LogP contribution in [0.25, 0.3) is 0 Å². The van der Waals surface area contributed by atoms with E-state index < -0.39 is 10.0 Å². The first-order valence-corrected chi connectivity index (χ1v) is 9.83. The normalized spacial score (nSPS) is 21.3. The summed E-state index contributed by atoms with van der Waals surface area (Å²) in [5.41, 5.74) is 0. The van der Waals surface area contributed by atoms with Gasteiger partial charge >= 0.3 is 0 Å². The average molecular weight is 377 g/mol. The van der Waals surface area contributed by atoms with Crippen LogP contribution in [0.1, 0.15) is 40.0 Å². The number of hydrogen-bond donors (Lipinski definition) is 2. The molecule has 1 heterocycles. The average Bonchev–Trinajstić information content (AvgIpc) is 2.47. The minimum Gasteiger partial charge on any atom is -0.494 e. The molecule has 0 aliphatic carbocycles. The van der Waals surface area contributed by atoms with E-state index in [2.05, 4.69) is 30.8 Å². The minimum atomic E-state index is -3.47. The van der Waals surface area contributed by atoms with Gasteiger partial charge in [-0.2, -0.15) is 0 Å². The second-order valence-electron chi connectivity index (χ2n) is 6.70. The van der Waals surface area contributed by atoms with Gasteiger partial charge in [-0.1, -0.05) is 13.8 Å². The Hall–Kier alpha value is -0.820. The molecule has 0 bridgehead atoms. The fourth-order valence-electron chi connectivity index (χ4n) is 2.65. The van der Waals surface area contributed by atoms with E-state index in [0.29, 0.717) is 29.2 Å². The number of nitrogens with one attached hydrogen (secondary N) is 2. The standard InChI is InChI=1S/C17H28N2O3S.ClH/c1-13(2)9-11-22-16-4-6-17(7-5-16)23(20,21)19-15-8-10-18-14(3)12-15;/h4-7,13-15,18-19H,8-12H2,1-3H3;1H. The Morgan fingerprint density at radius 1 is 1.29 bits per heavy atom. The summed E-state index contributed by atoms with van der Waals surface area (Å²) in [6.07, 6.45) is 2.62. The van der Waals surface area contributed by atoms with Crippen molar-refractivity contribution in [1.29, 1.82) is 0 Å². The van der Waals surface area contributed by atoms with Crippen LogP contribution in [0.4, 0.5) is 0 Å². The van der Waals surface area contributed by atoms with Gasteiger partial charge in [-0.05, 0) is 62.9 Å². The Morgan fingerprint density at radius 3 is 2.54 bits per heavy atom. The lowest BCUT2D eigenvalue weighted by Gasteiger charge is -2.28. The van der Waals surface area contributed by atoms with Gasteiger partial charge in [-0.3, -0.25) is 0 Å². The van der Waals surface area contributed by atoms with Crippen molar-refractivity contribution >= 4 is 22.4 Å². The third-order valence-electron chi connectivity index (χ3n) is 4.04. The maximum atomic E-state index is 12.4. The summed E-state index contributed by atoms with van der Waals surface area (Å²) in [5, 5.41) is 3.32. The Morgan fingerprint density at radius 2 is 1.96 bits per heavy atom. The summed E-state index contributed by atoms with van der Waals surface area (Å²) in [7, 11) is -3.47. The fraction of sp³-hybridized carbons (Fsp3) is 0.647. The highest BCUT2D eigenvalue weighted by molar-refractivity contribution is 7.89. The van der Waals surface area contributed by atoms with Gasteiger partial charge in [0.15, 0.2) is 0 Å². The number of halogens is 1. The first-order chi connectivity index (χ1) is 10.9. The van der Waals surface area contributed by atoms with Crippen LogP contribution in [0.2, 0.25) is 0 Å². The number of ether oxygens (including phenoxy) is 1. The molecule has 1 saturated heterocycles. The first kappa shape index (κ1) is 21.2. The molecule has 2 unspecified atom stereocenters. The van der Waals surface area contributed by atoms with Gasteiger partial charge in [0.1, 0.15) is 5.75 Å². The van der Waals surface area contributed by atoms with Crippen molar-refractivity contribution in [3.63, 3.8) is 0 Å². The monoisotopic (exact) mass is 376 g/mol. The summed E-state index contributed by atoms with van der Waals surface area (Å²) in [6, 6.07) is 7.00. The molecule has 24 heavy (non-hydrogen) atoms. The summed E-state index contributed by atoms with van der Waals surface area (Å²) in [6.45, 7) is 7.86. The van der Waals surface area contributed by atoms with Crippen LogP contribution in [0.15, 0.2) is 29.2 Å². The molecule has 0 amide bonds. The van der Waals surface area contributed by atoms with Crippen LogP contribution < -0.4 is 14.8 Å². The molecule has 2 rings (SSSR count). The predicted octanol–water partition coefficient (Wildman–Crippen LogP) is 2.95. The number of piperidine rings is 1. The van der Waals surface area contributed by atoms with Gasteiger partial charge in [0.25, 0.3) is 0 Å². The van der Waals surface area contributed by atoms with Crippen LogP contribution in [-0.4, -0.2) is 33.7 Å². The molecular formula is C17H29ClN2O3S. The quantitative estimate of drug-likeness (QED) is 0.767. The zero-order valence-corrected chi connectivity index (χ0v) is 16.3. The van der Waals surface area contributed by atoms with Crippen molar-refractivity contribution in [3.05, 3.63) is 24.3 Å². The summed E-state index contributed by atoms with van der Waals surface area (Å²) in [5.74, 6) is 1.30. The summed E-state index contributed by atoms with van der Waals surface area (Å²) >= 11 is 0. The molecule has 1 aliphatic rings. The molecule has 7 heteroatoms. The van der Waals surface area contributed by atoms with E-state index in [4.69, 9.17) is 4.74 Å². The molecular weight excluding hydrogens is 348 g/mol. The minimum absolute atomic E-state index is 0. The molecule has 0 saturated carbocycles. The molecule has 0 spiro atoms. The van der Waals surface area contributed by atoms with Gasteiger partial charge in [0.05, 0.1) is 11.5 Å². The lowest BCUT2D eigenvalue weighted by molar-refractivity contribution is 0.289. The van der Waals surface area contributed by atoms with E-state index in [-0.39, 0.29) is 18.4 Å². The van der Waals surface area contributed by atoms with Gasteiger partial charge in [0, 0.05) is 12.1 Å². The SMILES string of the molecule is CC(C)CCOc1ccc(S(=O)(=O)NC2CCNC(C)C2)cc1.Cl. The smallest absolute Gasteiger partial charge is 0.240 e. The molecule has 1 aromatic carbocycles. The van der Waals surface area contributed by atoms with Gasteiger partial charge in [-0.25, -0.2) is 13.1 Å². The molecule has 0 radical (unpaired) electrons. The van der Waals surface area contributed by atoms with Crippen molar-refractivity contribution in [2.45, 2.75) is 57.0 Å². The number of hydrogen-bond acceptors (Lipinski definition) is 4. The molecule has 1 aliphatic heterocycles. The molecule has 5 nitrogen and oxygen atoms in total. The molecule has 0 aromatic heterocycles. The van der Waals surface area contributed by atoms with Gasteiger partial charge < -0.3 is 10.1 Å². The second kappa shape index (κ2) is 9.61. The van der Waals surface area contributed by atoms with Crippen LogP contribution in [0, 0.1) is 5.92 Å². The zero-order chi connectivity index (χ0) is 16.9.